The Morgan fingerprint density at radius 2 is 1.94 bits per heavy atom. The summed E-state index contributed by atoms with van der Waals surface area (Å²) in [6.07, 6.45) is 0.179. The molecule has 0 fully saturated rings. The lowest BCUT2D eigenvalue weighted by Crippen LogP contribution is -2.27. The van der Waals surface area contributed by atoms with Crippen molar-refractivity contribution in [3.8, 4) is 5.75 Å². The van der Waals surface area contributed by atoms with E-state index in [0.717, 1.165) is 11.3 Å². The minimum absolute atomic E-state index is 0.0612. The van der Waals surface area contributed by atoms with E-state index in [-0.39, 0.29) is 25.3 Å². The fourth-order valence-corrected chi connectivity index (χ4v) is 1.30. The van der Waals surface area contributed by atoms with E-state index in [0.29, 0.717) is 0 Å². The topological polar surface area (TPSA) is 75.6 Å². The van der Waals surface area contributed by atoms with Crippen molar-refractivity contribution in [1.29, 1.82) is 0 Å². The van der Waals surface area contributed by atoms with Gasteiger partial charge in [-0.25, -0.2) is 0 Å². The summed E-state index contributed by atoms with van der Waals surface area (Å²) >= 11 is 0. The number of amides is 1. The Morgan fingerprint density at radius 1 is 1.29 bits per heavy atom. The van der Waals surface area contributed by atoms with Gasteiger partial charge in [-0.05, 0) is 17.7 Å². The Morgan fingerprint density at radius 3 is 2.47 bits per heavy atom. The Bertz CT molecular complexity index is 386. The zero-order chi connectivity index (χ0) is 12.7. The van der Waals surface area contributed by atoms with E-state index in [2.05, 4.69) is 5.32 Å². The van der Waals surface area contributed by atoms with E-state index < -0.39 is 5.97 Å². The summed E-state index contributed by atoms with van der Waals surface area (Å²) in [5.41, 5.74) is 0.860. The third-order valence-corrected chi connectivity index (χ3v) is 2.18. The molecule has 0 aliphatic rings. The first-order valence-corrected chi connectivity index (χ1v) is 5.23. The Labute approximate surface area is 99.4 Å². The molecule has 0 heterocycles. The van der Waals surface area contributed by atoms with Gasteiger partial charge in [0.1, 0.15) is 5.75 Å². The molecular weight excluding hydrogens is 222 g/mol. The lowest BCUT2D eigenvalue weighted by molar-refractivity contribution is -0.136. The maximum atomic E-state index is 11.4. The molecule has 17 heavy (non-hydrogen) atoms. The summed E-state index contributed by atoms with van der Waals surface area (Å²) in [7, 11) is 1.58. The molecule has 1 rings (SSSR count). The van der Waals surface area contributed by atoms with Crippen LogP contribution in [0.4, 0.5) is 0 Å². The first-order valence-electron chi connectivity index (χ1n) is 5.23. The van der Waals surface area contributed by atoms with Crippen molar-refractivity contribution in [3.63, 3.8) is 0 Å². The lowest BCUT2D eigenvalue weighted by atomic mass is 10.1. The smallest absolute Gasteiger partial charge is 0.305 e. The highest BCUT2D eigenvalue weighted by molar-refractivity contribution is 5.79. The van der Waals surface area contributed by atoms with Gasteiger partial charge < -0.3 is 15.2 Å². The van der Waals surface area contributed by atoms with Gasteiger partial charge in [-0.1, -0.05) is 12.1 Å². The monoisotopic (exact) mass is 237 g/mol. The van der Waals surface area contributed by atoms with Crippen LogP contribution >= 0.6 is 0 Å². The van der Waals surface area contributed by atoms with Gasteiger partial charge in [-0.15, -0.1) is 0 Å². The first-order chi connectivity index (χ1) is 8.11. The van der Waals surface area contributed by atoms with E-state index >= 15 is 0 Å². The van der Waals surface area contributed by atoms with Crippen LogP contribution < -0.4 is 10.1 Å². The summed E-state index contributed by atoms with van der Waals surface area (Å²) in [4.78, 5) is 21.7. The standard InChI is InChI=1S/C12H15NO4/c1-17-10-4-2-9(3-5-10)8-11(14)13-7-6-12(15)16/h2-5H,6-8H2,1H3,(H,13,14)(H,15,16). The second kappa shape index (κ2) is 6.52. The predicted molar refractivity (Wildman–Crippen MR) is 62.0 cm³/mol. The van der Waals surface area contributed by atoms with Crippen molar-refractivity contribution in [2.24, 2.45) is 0 Å². The van der Waals surface area contributed by atoms with Crippen LogP contribution in [-0.4, -0.2) is 30.6 Å². The average Bonchev–Trinajstić information content (AvgIpc) is 2.29. The number of aliphatic carboxylic acids is 1. The van der Waals surface area contributed by atoms with Gasteiger partial charge >= 0.3 is 5.97 Å². The van der Waals surface area contributed by atoms with Gasteiger partial charge in [-0.3, -0.25) is 9.59 Å². The number of carbonyl (C=O) groups is 2. The van der Waals surface area contributed by atoms with Crippen molar-refractivity contribution >= 4 is 11.9 Å². The quantitative estimate of drug-likeness (QED) is 0.768. The van der Waals surface area contributed by atoms with Gasteiger partial charge in [0, 0.05) is 6.54 Å². The van der Waals surface area contributed by atoms with Crippen LogP contribution in [0.15, 0.2) is 24.3 Å². The van der Waals surface area contributed by atoms with Crippen LogP contribution in [0, 0.1) is 0 Å². The van der Waals surface area contributed by atoms with Crippen LogP contribution in [0.1, 0.15) is 12.0 Å². The van der Waals surface area contributed by atoms with Gasteiger partial charge in [0.2, 0.25) is 5.91 Å². The van der Waals surface area contributed by atoms with E-state index in [4.69, 9.17) is 9.84 Å². The van der Waals surface area contributed by atoms with Gasteiger partial charge in [0.05, 0.1) is 20.0 Å². The van der Waals surface area contributed by atoms with Crippen LogP contribution in [-0.2, 0) is 16.0 Å². The average molecular weight is 237 g/mol. The number of carboxylic acid groups (broad SMARTS) is 1. The highest BCUT2D eigenvalue weighted by Crippen LogP contribution is 2.11. The zero-order valence-corrected chi connectivity index (χ0v) is 9.60. The molecule has 92 valence electrons. The number of nitrogens with one attached hydrogen (secondary N) is 1. The van der Waals surface area contributed by atoms with E-state index in [9.17, 15) is 9.59 Å². The molecule has 1 aromatic rings. The second-order valence-electron chi connectivity index (χ2n) is 3.52. The Balaban J connectivity index is 2.37. The first kappa shape index (κ1) is 13.0. The minimum Gasteiger partial charge on any atom is -0.497 e. The van der Waals surface area contributed by atoms with Crippen molar-refractivity contribution in [1.82, 2.24) is 5.32 Å². The van der Waals surface area contributed by atoms with E-state index in [1.165, 1.54) is 0 Å². The van der Waals surface area contributed by atoms with Gasteiger partial charge in [0.15, 0.2) is 0 Å². The summed E-state index contributed by atoms with van der Waals surface area (Å²) in [6, 6.07) is 7.16. The van der Waals surface area contributed by atoms with Crippen molar-refractivity contribution in [3.05, 3.63) is 29.8 Å². The second-order valence-corrected chi connectivity index (χ2v) is 3.52. The summed E-state index contributed by atoms with van der Waals surface area (Å²) in [6.45, 7) is 0.157. The Kier molecular flexibility index (Phi) is 5.00. The van der Waals surface area contributed by atoms with Crippen LogP contribution in [0.2, 0.25) is 0 Å². The molecule has 5 nitrogen and oxygen atoms in total. The molecule has 5 heteroatoms. The van der Waals surface area contributed by atoms with Crippen LogP contribution in [0.5, 0.6) is 5.75 Å². The van der Waals surface area contributed by atoms with Crippen LogP contribution in [0.3, 0.4) is 0 Å². The number of ether oxygens (including phenoxy) is 1. The highest BCUT2D eigenvalue weighted by atomic mass is 16.5. The zero-order valence-electron chi connectivity index (χ0n) is 9.60. The maximum absolute atomic E-state index is 11.4. The molecular formula is C12H15NO4. The Hall–Kier alpha value is -2.04. The summed E-state index contributed by atoms with van der Waals surface area (Å²) in [5, 5.41) is 10.9. The molecule has 0 saturated heterocycles. The van der Waals surface area contributed by atoms with Gasteiger partial charge in [-0.2, -0.15) is 0 Å². The highest BCUT2D eigenvalue weighted by Gasteiger charge is 2.04. The molecule has 0 saturated carbocycles. The maximum Gasteiger partial charge on any atom is 0.305 e. The van der Waals surface area contributed by atoms with Crippen LogP contribution in [0.25, 0.3) is 0 Å². The number of hydrogen-bond donors (Lipinski definition) is 2. The SMILES string of the molecule is COc1ccc(CC(=O)NCCC(=O)O)cc1. The molecule has 1 amide bonds. The third-order valence-electron chi connectivity index (χ3n) is 2.18. The molecule has 0 radical (unpaired) electrons. The van der Waals surface area contributed by atoms with E-state index in [1.54, 1.807) is 31.4 Å². The number of hydrogen-bond acceptors (Lipinski definition) is 3. The molecule has 0 spiro atoms. The molecule has 0 bridgehead atoms. The molecule has 0 atom stereocenters. The molecule has 2 N–H and O–H groups in total. The molecule has 1 aromatic carbocycles. The number of methoxy groups -OCH3 is 1. The normalized spacial score (nSPS) is 9.71. The lowest BCUT2D eigenvalue weighted by Gasteiger charge is -2.04. The largest absolute Gasteiger partial charge is 0.497 e. The fourth-order valence-electron chi connectivity index (χ4n) is 1.30. The van der Waals surface area contributed by atoms with E-state index in [1.807, 2.05) is 0 Å². The van der Waals surface area contributed by atoms with Crippen molar-refractivity contribution < 1.29 is 19.4 Å². The number of benzene rings is 1. The third kappa shape index (κ3) is 5.01. The fraction of sp³-hybridized carbons (Fsp3) is 0.333. The number of rotatable bonds is 6. The summed E-state index contributed by atoms with van der Waals surface area (Å²) < 4.78 is 5.00. The minimum atomic E-state index is -0.922. The number of carbonyl (C=O) groups excluding carboxylic acids is 1. The van der Waals surface area contributed by atoms with Crippen molar-refractivity contribution in [2.45, 2.75) is 12.8 Å². The number of carboxylic acids is 1. The predicted octanol–water partition coefficient (Wildman–Crippen LogP) is 0.829. The molecule has 0 aliphatic carbocycles. The molecule has 0 unspecified atom stereocenters. The summed E-state index contributed by atoms with van der Waals surface area (Å²) in [5.74, 6) is -0.369. The molecule has 0 aromatic heterocycles. The molecule has 0 aliphatic heterocycles. The van der Waals surface area contributed by atoms with Gasteiger partial charge in [0.25, 0.3) is 0 Å². The van der Waals surface area contributed by atoms with Crippen molar-refractivity contribution in [2.75, 3.05) is 13.7 Å².